The Hall–Kier alpha value is -3.16. The molecule has 0 amide bonds. The van der Waals surface area contributed by atoms with Gasteiger partial charge in [0.1, 0.15) is 29.4 Å². The molecule has 0 aliphatic rings. The van der Waals surface area contributed by atoms with Gasteiger partial charge in [-0.1, -0.05) is 30.3 Å². The summed E-state index contributed by atoms with van der Waals surface area (Å²) >= 11 is 1.50. The molecule has 6 nitrogen and oxygen atoms in total. The molecule has 2 aromatic heterocycles. The van der Waals surface area contributed by atoms with Crippen LogP contribution < -0.4 is 19.9 Å². The lowest BCUT2D eigenvalue weighted by atomic mass is 10.1. The number of nitrogens with zero attached hydrogens (tertiary/aromatic N) is 1. The lowest BCUT2D eigenvalue weighted by molar-refractivity contribution is -0.908. The van der Waals surface area contributed by atoms with Crippen molar-refractivity contribution in [3.63, 3.8) is 0 Å². The van der Waals surface area contributed by atoms with Gasteiger partial charge in [-0.3, -0.25) is 4.79 Å². The molecule has 1 atom stereocenters. The minimum atomic E-state index is -0.0927. The zero-order valence-corrected chi connectivity index (χ0v) is 18.0. The maximum absolute atomic E-state index is 12.8. The second-order valence-electron chi connectivity index (χ2n) is 7.20. The van der Waals surface area contributed by atoms with E-state index in [4.69, 9.17) is 14.5 Å². The van der Waals surface area contributed by atoms with Crippen molar-refractivity contribution in [2.75, 3.05) is 21.3 Å². The van der Waals surface area contributed by atoms with Gasteiger partial charge in [0.05, 0.1) is 26.7 Å². The number of H-pyrrole nitrogens is 1. The van der Waals surface area contributed by atoms with Gasteiger partial charge in [-0.15, -0.1) is 11.3 Å². The number of nitrogens with one attached hydrogen (secondary N) is 2. The summed E-state index contributed by atoms with van der Waals surface area (Å²) in [7, 11) is 5.36. The molecule has 4 aromatic rings. The molecular weight excluding hydrogens is 398 g/mol. The Labute approximate surface area is 178 Å². The molecule has 0 saturated carbocycles. The normalized spacial score (nSPS) is 12.1. The Morgan fingerprint density at radius 2 is 1.87 bits per heavy atom. The monoisotopic (exact) mass is 422 g/mol. The van der Waals surface area contributed by atoms with E-state index in [-0.39, 0.29) is 5.56 Å². The van der Waals surface area contributed by atoms with Crippen molar-refractivity contribution in [2.45, 2.75) is 13.1 Å². The van der Waals surface area contributed by atoms with Gasteiger partial charge in [0, 0.05) is 22.6 Å². The molecule has 0 bridgehead atoms. The number of rotatable bonds is 7. The highest BCUT2D eigenvalue weighted by Gasteiger charge is 2.16. The number of benzene rings is 2. The van der Waals surface area contributed by atoms with Gasteiger partial charge >= 0.3 is 0 Å². The second kappa shape index (κ2) is 8.69. The minimum Gasteiger partial charge on any atom is -0.497 e. The minimum absolute atomic E-state index is 0.0927. The van der Waals surface area contributed by atoms with E-state index in [0.717, 1.165) is 39.6 Å². The predicted molar refractivity (Wildman–Crippen MR) is 120 cm³/mol. The van der Waals surface area contributed by atoms with Crippen molar-refractivity contribution in [1.29, 1.82) is 0 Å². The first-order valence-corrected chi connectivity index (χ1v) is 10.5. The molecule has 4 rings (SSSR count). The van der Waals surface area contributed by atoms with Crippen molar-refractivity contribution < 1.29 is 14.4 Å². The third-order valence-electron chi connectivity index (χ3n) is 5.03. The smallest absolute Gasteiger partial charge is 0.260 e. The average molecular weight is 423 g/mol. The van der Waals surface area contributed by atoms with E-state index in [0.29, 0.717) is 17.8 Å². The SMILES string of the molecule is COc1ccc(C[NH+](C)Cc2nc3scc(-c4ccccc4)c3c(=O)[nH]2)c(OC)c1. The molecule has 1 unspecified atom stereocenters. The highest BCUT2D eigenvalue weighted by Crippen LogP contribution is 2.30. The number of hydrogen-bond donors (Lipinski definition) is 2. The van der Waals surface area contributed by atoms with E-state index in [1.165, 1.54) is 16.2 Å². The van der Waals surface area contributed by atoms with Crippen LogP contribution in [0.3, 0.4) is 0 Å². The Balaban J connectivity index is 1.57. The van der Waals surface area contributed by atoms with Crippen LogP contribution in [0.4, 0.5) is 0 Å². The van der Waals surface area contributed by atoms with Crippen molar-refractivity contribution in [1.82, 2.24) is 9.97 Å². The summed E-state index contributed by atoms with van der Waals surface area (Å²) in [6.45, 7) is 1.33. The molecule has 0 fully saturated rings. The number of quaternary nitrogens is 1. The van der Waals surface area contributed by atoms with E-state index >= 15 is 0 Å². The first kappa shape index (κ1) is 20.1. The fourth-order valence-electron chi connectivity index (χ4n) is 3.58. The van der Waals surface area contributed by atoms with Crippen LogP contribution in [0.5, 0.6) is 11.5 Å². The third kappa shape index (κ3) is 4.08. The fraction of sp³-hybridized carbons (Fsp3) is 0.217. The van der Waals surface area contributed by atoms with E-state index in [9.17, 15) is 4.79 Å². The van der Waals surface area contributed by atoms with E-state index in [1.807, 2.05) is 53.9 Å². The van der Waals surface area contributed by atoms with Gasteiger partial charge in [0.15, 0.2) is 5.82 Å². The Bertz CT molecular complexity index is 1220. The zero-order chi connectivity index (χ0) is 21.1. The van der Waals surface area contributed by atoms with Crippen molar-refractivity contribution in [3.8, 4) is 22.6 Å². The molecule has 2 heterocycles. The van der Waals surface area contributed by atoms with Crippen LogP contribution in [-0.4, -0.2) is 31.2 Å². The molecular formula is C23H24N3O3S+. The number of aromatic nitrogens is 2. The van der Waals surface area contributed by atoms with Gasteiger partial charge in [-0.05, 0) is 17.7 Å². The molecule has 2 N–H and O–H groups in total. The highest BCUT2D eigenvalue weighted by atomic mass is 32.1. The molecule has 0 aliphatic carbocycles. The van der Waals surface area contributed by atoms with Crippen molar-refractivity contribution in [2.24, 2.45) is 0 Å². The molecule has 0 radical (unpaired) electrons. The quantitative estimate of drug-likeness (QED) is 0.481. The molecule has 30 heavy (non-hydrogen) atoms. The zero-order valence-electron chi connectivity index (χ0n) is 17.2. The Kier molecular flexibility index (Phi) is 5.83. The molecule has 2 aromatic carbocycles. The number of hydrogen-bond acceptors (Lipinski definition) is 5. The molecule has 0 aliphatic heterocycles. The standard InChI is InChI=1S/C23H23N3O3S/c1-26(12-16-9-10-17(28-2)11-19(16)29-3)13-20-24-22(27)21-18(14-30-23(21)25-20)15-7-5-4-6-8-15/h4-11,14H,12-13H2,1-3H3,(H,24,25,27)/p+1. The summed E-state index contributed by atoms with van der Waals surface area (Å²) in [4.78, 5) is 22.5. The number of thiophene rings is 1. The van der Waals surface area contributed by atoms with E-state index < -0.39 is 0 Å². The maximum atomic E-state index is 12.8. The lowest BCUT2D eigenvalue weighted by Crippen LogP contribution is -3.06. The van der Waals surface area contributed by atoms with E-state index in [2.05, 4.69) is 12.0 Å². The van der Waals surface area contributed by atoms with Crippen molar-refractivity contribution in [3.05, 3.63) is 75.7 Å². The maximum Gasteiger partial charge on any atom is 0.260 e. The van der Waals surface area contributed by atoms with E-state index in [1.54, 1.807) is 14.2 Å². The number of fused-ring (bicyclic) bond motifs is 1. The Morgan fingerprint density at radius 3 is 2.60 bits per heavy atom. The van der Waals surface area contributed by atoms with Crippen LogP contribution in [0, 0.1) is 0 Å². The average Bonchev–Trinajstić information content (AvgIpc) is 3.19. The topological polar surface area (TPSA) is 68.7 Å². The fourth-order valence-corrected chi connectivity index (χ4v) is 4.55. The summed E-state index contributed by atoms with van der Waals surface area (Å²) < 4.78 is 10.8. The molecule has 0 saturated heterocycles. The molecule has 154 valence electrons. The predicted octanol–water partition coefficient (Wildman–Crippen LogP) is 2.88. The summed E-state index contributed by atoms with van der Waals surface area (Å²) in [6.07, 6.45) is 0. The molecule has 7 heteroatoms. The molecule has 0 spiro atoms. The van der Waals surface area contributed by atoms with Gasteiger partial charge in [0.2, 0.25) is 0 Å². The first-order valence-electron chi connectivity index (χ1n) is 9.67. The third-order valence-corrected chi connectivity index (χ3v) is 5.91. The van der Waals surface area contributed by atoms with Crippen LogP contribution in [-0.2, 0) is 13.1 Å². The van der Waals surface area contributed by atoms with Crippen LogP contribution in [0.1, 0.15) is 11.4 Å². The first-order chi connectivity index (χ1) is 14.6. The Morgan fingerprint density at radius 1 is 1.07 bits per heavy atom. The number of aromatic amines is 1. The van der Waals surface area contributed by atoms with Gasteiger partial charge in [-0.25, -0.2) is 4.98 Å². The van der Waals surface area contributed by atoms with Gasteiger partial charge in [-0.2, -0.15) is 0 Å². The highest BCUT2D eigenvalue weighted by molar-refractivity contribution is 7.17. The summed E-state index contributed by atoms with van der Waals surface area (Å²) in [5, 5.41) is 2.66. The van der Waals surface area contributed by atoms with Crippen LogP contribution in [0.2, 0.25) is 0 Å². The summed E-state index contributed by atoms with van der Waals surface area (Å²) in [6, 6.07) is 15.7. The van der Waals surface area contributed by atoms with Gasteiger partial charge in [0.25, 0.3) is 5.56 Å². The number of ether oxygens (including phenoxy) is 2. The number of methoxy groups -OCH3 is 2. The summed E-state index contributed by atoms with van der Waals surface area (Å²) in [5.41, 5.74) is 2.93. The largest absolute Gasteiger partial charge is 0.497 e. The second-order valence-corrected chi connectivity index (χ2v) is 8.05. The van der Waals surface area contributed by atoms with Gasteiger partial charge < -0.3 is 19.4 Å². The van der Waals surface area contributed by atoms with Crippen molar-refractivity contribution >= 4 is 21.6 Å². The van der Waals surface area contributed by atoms with Crippen LogP contribution >= 0.6 is 11.3 Å². The summed E-state index contributed by atoms with van der Waals surface area (Å²) in [5.74, 6) is 2.23. The lowest BCUT2D eigenvalue weighted by Gasteiger charge is -2.16. The van der Waals surface area contributed by atoms with Crippen LogP contribution in [0.25, 0.3) is 21.3 Å². The van der Waals surface area contributed by atoms with Crippen LogP contribution in [0.15, 0.2) is 58.7 Å².